The van der Waals surface area contributed by atoms with Crippen LogP contribution in [0.25, 0.3) is 11.4 Å². The summed E-state index contributed by atoms with van der Waals surface area (Å²) in [7, 11) is 1.60. The molecular weight excluding hydrogens is 396 g/mol. The van der Waals surface area contributed by atoms with Crippen molar-refractivity contribution in [2.24, 2.45) is 0 Å². The van der Waals surface area contributed by atoms with E-state index in [1.165, 1.54) is 11.8 Å². The first-order valence-electron chi connectivity index (χ1n) is 8.85. The minimum Gasteiger partial charge on any atom is -0.497 e. The number of carbonyl (C=O) groups is 2. The summed E-state index contributed by atoms with van der Waals surface area (Å²) in [6.45, 7) is 0.894. The Bertz CT molecular complexity index is 1020. The zero-order valence-electron chi connectivity index (χ0n) is 15.6. The molecule has 0 aliphatic carbocycles. The molecule has 9 nitrogen and oxygen atoms in total. The molecule has 0 radical (unpaired) electrons. The maximum Gasteiger partial charge on any atom is 0.416 e. The Morgan fingerprint density at radius 2 is 2.17 bits per heavy atom. The highest BCUT2D eigenvalue weighted by Crippen LogP contribution is 2.28. The normalized spacial score (nSPS) is 13.6. The molecule has 3 heterocycles. The van der Waals surface area contributed by atoms with Crippen molar-refractivity contribution in [2.75, 3.05) is 26.0 Å². The fourth-order valence-corrected chi connectivity index (χ4v) is 3.71. The third-order valence-corrected chi connectivity index (χ3v) is 5.28. The lowest BCUT2D eigenvalue weighted by Crippen LogP contribution is -2.33. The number of furan rings is 1. The number of methoxy groups -OCH3 is 1. The SMILES string of the molecule is COc1cccc(-c2nnc(SCC(=O)N3CCOC3=O)n2Cc2ccco2)c1. The molecule has 29 heavy (non-hydrogen) atoms. The fraction of sp³-hybridized carbons (Fsp3) is 0.263. The highest BCUT2D eigenvalue weighted by Gasteiger charge is 2.28. The Hall–Kier alpha value is -3.27. The van der Waals surface area contributed by atoms with E-state index in [1.807, 2.05) is 34.9 Å². The Morgan fingerprint density at radius 3 is 2.90 bits per heavy atom. The van der Waals surface area contributed by atoms with Crippen LogP contribution in [0.2, 0.25) is 0 Å². The van der Waals surface area contributed by atoms with Crippen LogP contribution in [0.4, 0.5) is 4.79 Å². The molecule has 1 fully saturated rings. The number of hydrogen-bond donors (Lipinski definition) is 0. The molecule has 1 aliphatic rings. The first-order chi connectivity index (χ1) is 14.2. The summed E-state index contributed by atoms with van der Waals surface area (Å²) in [6.07, 6.45) is 0.991. The average molecular weight is 414 g/mol. The van der Waals surface area contributed by atoms with Crippen molar-refractivity contribution in [1.29, 1.82) is 0 Å². The Morgan fingerprint density at radius 1 is 1.28 bits per heavy atom. The molecule has 0 spiro atoms. The van der Waals surface area contributed by atoms with Gasteiger partial charge in [-0.2, -0.15) is 0 Å². The van der Waals surface area contributed by atoms with E-state index in [-0.39, 0.29) is 24.8 Å². The van der Waals surface area contributed by atoms with Gasteiger partial charge in [0.1, 0.15) is 18.1 Å². The van der Waals surface area contributed by atoms with Crippen LogP contribution in [0, 0.1) is 0 Å². The lowest BCUT2D eigenvalue weighted by atomic mass is 10.2. The lowest BCUT2D eigenvalue weighted by Gasteiger charge is -2.11. The third-order valence-electron chi connectivity index (χ3n) is 4.33. The standard InChI is InChI=1S/C19H18N4O5S/c1-26-14-5-2-4-13(10-14)17-20-21-18(23(17)11-15-6-3-8-27-15)29-12-16(24)22-7-9-28-19(22)25/h2-6,8,10H,7,9,11-12H2,1H3. The van der Waals surface area contributed by atoms with Crippen molar-refractivity contribution in [3.63, 3.8) is 0 Å². The first-order valence-corrected chi connectivity index (χ1v) is 9.84. The van der Waals surface area contributed by atoms with E-state index < -0.39 is 6.09 Å². The summed E-state index contributed by atoms with van der Waals surface area (Å²) in [5.74, 6) is 1.77. The molecule has 2 amide bonds. The topological polar surface area (TPSA) is 99.7 Å². The molecule has 1 saturated heterocycles. The van der Waals surface area contributed by atoms with Gasteiger partial charge in [0.15, 0.2) is 11.0 Å². The van der Waals surface area contributed by atoms with Gasteiger partial charge in [-0.1, -0.05) is 23.9 Å². The summed E-state index contributed by atoms with van der Waals surface area (Å²) in [6, 6.07) is 11.2. The molecule has 0 atom stereocenters. The van der Waals surface area contributed by atoms with Crippen molar-refractivity contribution >= 4 is 23.8 Å². The van der Waals surface area contributed by atoms with Crippen molar-refractivity contribution in [1.82, 2.24) is 19.7 Å². The number of nitrogens with zero attached hydrogens (tertiary/aromatic N) is 4. The van der Waals surface area contributed by atoms with Gasteiger partial charge in [-0.3, -0.25) is 9.36 Å². The molecule has 1 aliphatic heterocycles. The second-order valence-corrected chi connectivity index (χ2v) is 7.09. The number of benzene rings is 1. The number of ether oxygens (including phenoxy) is 2. The molecule has 4 rings (SSSR count). The maximum atomic E-state index is 12.3. The number of amides is 2. The van der Waals surface area contributed by atoms with Crippen LogP contribution in [0.5, 0.6) is 5.75 Å². The number of imide groups is 1. The molecule has 10 heteroatoms. The largest absolute Gasteiger partial charge is 0.497 e. The predicted octanol–water partition coefficient (Wildman–Crippen LogP) is 2.67. The van der Waals surface area contributed by atoms with Gasteiger partial charge in [-0.05, 0) is 24.3 Å². The molecule has 3 aromatic rings. The number of aromatic nitrogens is 3. The van der Waals surface area contributed by atoms with Gasteiger partial charge < -0.3 is 13.9 Å². The van der Waals surface area contributed by atoms with Crippen LogP contribution in [0.3, 0.4) is 0 Å². The summed E-state index contributed by atoms with van der Waals surface area (Å²) >= 11 is 1.21. The van der Waals surface area contributed by atoms with Crippen molar-refractivity contribution < 1.29 is 23.5 Å². The van der Waals surface area contributed by atoms with Gasteiger partial charge in [0.25, 0.3) is 0 Å². The van der Waals surface area contributed by atoms with Crippen LogP contribution >= 0.6 is 11.8 Å². The summed E-state index contributed by atoms with van der Waals surface area (Å²) in [4.78, 5) is 25.0. The molecule has 1 aromatic carbocycles. The minimum absolute atomic E-state index is 0.0451. The molecule has 2 aromatic heterocycles. The van der Waals surface area contributed by atoms with Crippen LogP contribution in [-0.2, 0) is 16.1 Å². The number of thioether (sulfide) groups is 1. The van der Waals surface area contributed by atoms with Gasteiger partial charge in [0.2, 0.25) is 5.91 Å². The second-order valence-electron chi connectivity index (χ2n) is 6.15. The average Bonchev–Trinajstić information content (AvgIpc) is 3.48. The van der Waals surface area contributed by atoms with Gasteiger partial charge >= 0.3 is 6.09 Å². The lowest BCUT2D eigenvalue weighted by molar-refractivity contribution is -0.125. The van der Waals surface area contributed by atoms with Gasteiger partial charge in [-0.25, -0.2) is 9.69 Å². The van der Waals surface area contributed by atoms with Gasteiger partial charge in [-0.15, -0.1) is 10.2 Å². The van der Waals surface area contributed by atoms with Crippen LogP contribution < -0.4 is 4.74 Å². The van der Waals surface area contributed by atoms with E-state index in [4.69, 9.17) is 13.9 Å². The molecule has 0 unspecified atom stereocenters. The number of hydrogen-bond acceptors (Lipinski definition) is 8. The van der Waals surface area contributed by atoms with Crippen molar-refractivity contribution in [3.05, 3.63) is 48.4 Å². The summed E-state index contributed by atoms with van der Waals surface area (Å²) in [5, 5.41) is 9.11. The van der Waals surface area contributed by atoms with E-state index in [2.05, 4.69) is 10.2 Å². The van der Waals surface area contributed by atoms with Gasteiger partial charge in [0, 0.05) is 5.56 Å². The Balaban J connectivity index is 1.60. The van der Waals surface area contributed by atoms with E-state index in [9.17, 15) is 9.59 Å². The van der Waals surface area contributed by atoms with Crippen LogP contribution in [0.15, 0.2) is 52.2 Å². The van der Waals surface area contributed by atoms with E-state index >= 15 is 0 Å². The first kappa shape index (κ1) is 19.1. The van der Waals surface area contributed by atoms with Crippen molar-refractivity contribution in [3.8, 4) is 17.1 Å². The molecule has 0 bridgehead atoms. The number of carbonyl (C=O) groups excluding carboxylic acids is 2. The maximum absolute atomic E-state index is 12.3. The Kier molecular flexibility index (Phi) is 5.52. The smallest absolute Gasteiger partial charge is 0.416 e. The quantitative estimate of drug-likeness (QED) is 0.544. The summed E-state index contributed by atoms with van der Waals surface area (Å²) in [5.41, 5.74) is 0.824. The van der Waals surface area contributed by atoms with Crippen molar-refractivity contribution in [2.45, 2.75) is 11.7 Å². The zero-order chi connectivity index (χ0) is 20.2. The van der Waals surface area contributed by atoms with Crippen LogP contribution in [-0.4, -0.2) is 57.7 Å². The fourth-order valence-electron chi connectivity index (χ4n) is 2.90. The molecular formula is C19H18N4O5S. The third kappa shape index (κ3) is 4.11. The highest BCUT2D eigenvalue weighted by atomic mass is 32.2. The van der Waals surface area contributed by atoms with Gasteiger partial charge in [0.05, 0.1) is 32.2 Å². The Labute approximate surface area is 170 Å². The zero-order valence-corrected chi connectivity index (χ0v) is 16.4. The molecule has 0 N–H and O–H groups in total. The van der Waals surface area contributed by atoms with Crippen LogP contribution in [0.1, 0.15) is 5.76 Å². The predicted molar refractivity (Wildman–Crippen MR) is 104 cm³/mol. The van der Waals surface area contributed by atoms with E-state index in [0.717, 1.165) is 16.2 Å². The summed E-state index contributed by atoms with van der Waals surface area (Å²) < 4.78 is 17.5. The number of cyclic esters (lactones) is 1. The van der Waals surface area contributed by atoms with E-state index in [0.29, 0.717) is 23.3 Å². The second kappa shape index (κ2) is 8.39. The number of rotatable bonds is 7. The molecule has 150 valence electrons. The molecule has 0 saturated carbocycles. The van der Waals surface area contributed by atoms with E-state index in [1.54, 1.807) is 19.4 Å². The monoisotopic (exact) mass is 414 g/mol. The highest BCUT2D eigenvalue weighted by molar-refractivity contribution is 7.99. The minimum atomic E-state index is -0.607.